The molecular formula is C19H23N3O3. The summed E-state index contributed by atoms with van der Waals surface area (Å²) in [4.78, 5) is 23.2. The molecule has 0 radical (unpaired) electrons. The van der Waals surface area contributed by atoms with Crippen LogP contribution in [0.3, 0.4) is 0 Å². The molecule has 2 aromatic rings. The van der Waals surface area contributed by atoms with Crippen molar-refractivity contribution in [3.05, 3.63) is 65.0 Å². The Morgan fingerprint density at radius 1 is 1.28 bits per heavy atom. The van der Waals surface area contributed by atoms with E-state index in [4.69, 9.17) is 0 Å². The largest absolute Gasteiger partial charge is 0.466 e. The zero-order valence-electron chi connectivity index (χ0n) is 14.8. The lowest BCUT2D eigenvalue weighted by molar-refractivity contribution is -0.134. The summed E-state index contributed by atoms with van der Waals surface area (Å²) in [6, 6.07) is 9.53. The van der Waals surface area contributed by atoms with Gasteiger partial charge >= 0.3 is 5.97 Å². The zero-order chi connectivity index (χ0) is 18.2. The topological polar surface area (TPSA) is 73.2 Å². The van der Waals surface area contributed by atoms with Gasteiger partial charge in [-0.2, -0.15) is 5.10 Å². The minimum Gasteiger partial charge on any atom is -0.466 e. The highest BCUT2D eigenvalue weighted by Gasteiger charge is 2.07. The summed E-state index contributed by atoms with van der Waals surface area (Å²) in [5, 5.41) is 7.27. The lowest BCUT2D eigenvalue weighted by atomic mass is 10.1. The van der Waals surface area contributed by atoms with Crippen LogP contribution in [0.4, 0.5) is 0 Å². The van der Waals surface area contributed by atoms with Crippen molar-refractivity contribution in [1.82, 2.24) is 15.1 Å². The van der Waals surface area contributed by atoms with Gasteiger partial charge in [-0.05, 0) is 44.0 Å². The van der Waals surface area contributed by atoms with Gasteiger partial charge in [0.15, 0.2) is 0 Å². The summed E-state index contributed by atoms with van der Waals surface area (Å²) in [5.41, 5.74) is 3.69. The number of aromatic nitrogens is 2. The first-order valence-electron chi connectivity index (χ1n) is 8.12. The molecule has 0 saturated heterocycles. The van der Waals surface area contributed by atoms with Gasteiger partial charge in [0.1, 0.15) is 0 Å². The van der Waals surface area contributed by atoms with E-state index in [1.54, 1.807) is 12.1 Å². The number of hydrogen-bond donors (Lipinski definition) is 1. The summed E-state index contributed by atoms with van der Waals surface area (Å²) >= 11 is 0. The number of carbonyl (C=O) groups is 2. The minimum atomic E-state index is -0.400. The molecule has 1 N–H and O–H groups in total. The van der Waals surface area contributed by atoms with E-state index < -0.39 is 5.97 Å². The molecule has 0 saturated carbocycles. The lowest BCUT2D eigenvalue weighted by Crippen LogP contribution is -2.24. The van der Waals surface area contributed by atoms with E-state index >= 15 is 0 Å². The fourth-order valence-electron chi connectivity index (χ4n) is 2.44. The van der Waals surface area contributed by atoms with E-state index in [0.717, 1.165) is 17.0 Å². The van der Waals surface area contributed by atoms with Crippen LogP contribution in [0.1, 0.15) is 33.7 Å². The number of amides is 1. The summed E-state index contributed by atoms with van der Waals surface area (Å²) in [5.74, 6) is -0.537. The van der Waals surface area contributed by atoms with Crippen LogP contribution in [0.15, 0.2) is 42.5 Å². The van der Waals surface area contributed by atoms with Crippen molar-refractivity contribution >= 4 is 11.9 Å². The first-order valence-corrected chi connectivity index (χ1v) is 8.12. The number of hydrogen-bond acceptors (Lipinski definition) is 4. The van der Waals surface area contributed by atoms with Gasteiger partial charge in [0.25, 0.3) is 5.91 Å². The Morgan fingerprint density at radius 2 is 2.08 bits per heavy atom. The number of esters is 1. The van der Waals surface area contributed by atoms with E-state index in [1.165, 1.54) is 13.2 Å². The average Bonchev–Trinajstić information content (AvgIpc) is 2.91. The van der Waals surface area contributed by atoms with Crippen molar-refractivity contribution in [3.63, 3.8) is 0 Å². The summed E-state index contributed by atoms with van der Waals surface area (Å²) in [6.45, 7) is 5.05. The molecule has 0 fully saturated rings. The fraction of sp³-hybridized carbons (Fsp3) is 0.316. The number of nitrogens with zero attached hydrogens (tertiary/aromatic N) is 2. The lowest BCUT2D eigenvalue weighted by Gasteiger charge is -2.08. The zero-order valence-corrected chi connectivity index (χ0v) is 14.8. The SMILES string of the molecule is COC(=O)/C=C/CCNC(=O)c1cccc(Cn2nc(C)cc2C)c1. The van der Waals surface area contributed by atoms with Crippen molar-refractivity contribution in [2.24, 2.45) is 0 Å². The number of ether oxygens (including phenoxy) is 1. The summed E-state index contributed by atoms with van der Waals surface area (Å²) in [6.07, 6.45) is 3.58. The predicted octanol–water partition coefficient (Wildman–Crippen LogP) is 2.40. The monoisotopic (exact) mass is 341 g/mol. The Hall–Kier alpha value is -2.89. The second-order valence-corrected chi connectivity index (χ2v) is 5.76. The van der Waals surface area contributed by atoms with Crippen molar-refractivity contribution in [1.29, 1.82) is 0 Å². The van der Waals surface area contributed by atoms with Crippen molar-refractivity contribution in [3.8, 4) is 0 Å². The van der Waals surface area contributed by atoms with Gasteiger partial charge in [-0.3, -0.25) is 9.48 Å². The predicted molar refractivity (Wildman–Crippen MR) is 95.4 cm³/mol. The Labute approximate surface area is 147 Å². The molecule has 0 atom stereocenters. The second-order valence-electron chi connectivity index (χ2n) is 5.76. The van der Waals surface area contributed by atoms with Crippen LogP contribution in [0.2, 0.25) is 0 Å². The molecule has 2 rings (SSSR count). The van der Waals surface area contributed by atoms with Crippen LogP contribution in [0.5, 0.6) is 0 Å². The molecule has 0 spiro atoms. The quantitative estimate of drug-likeness (QED) is 0.477. The Bertz CT molecular complexity index is 778. The number of nitrogens with one attached hydrogen (secondary N) is 1. The molecule has 6 heteroatoms. The molecule has 6 nitrogen and oxygen atoms in total. The van der Waals surface area contributed by atoms with Gasteiger partial charge in [0.05, 0.1) is 19.3 Å². The van der Waals surface area contributed by atoms with Crippen LogP contribution >= 0.6 is 0 Å². The van der Waals surface area contributed by atoms with Crippen molar-refractivity contribution < 1.29 is 14.3 Å². The molecule has 1 aromatic heterocycles. The number of carbonyl (C=O) groups excluding carboxylic acids is 2. The highest BCUT2D eigenvalue weighted by molar-refractivity contribution is 5.94. The maximum atomic E-state index is 12.2. The highest BCUT2D eigenvalue weighted by atomic mass is 16.5. The van der Waals surface area contributed by atoms with Crippen LogP contribution < -0.4 is 5.32 Å². The summed E-state index contributed by atoms with van der Waals surface area (Å²) < 4.78 is 6.42. The fourth-order valence-corrected chi connectivity index (χ4v) is 2.44. The van der Waals surface area contributed by atoms with E-state index in [-0.39, 0.29) is 5.91 Å². The second kappa shape index (κ2) is 8.82. The molecule has 0 aliphatic carbocycles. The van der Waals surface area contributed by atoms with Crippen molar-refractivity contribution in [2.45, 2.75) is 26.8 Å². The van der Waals surface area contributed by atoms with Crippen LogP contribution in [0, 0.1) is 13.8 Å². The third kappa shape index (κ3) is 5.60. The van der Waals surface area contributed by atoms with E-state index in [9.17, 15) is 9.59 Å². The van der Waals surface area contributed by atoms with E-state index in [0.29, 0.717) is 25.1 Å². The molecule has 0 aliphatic heterocycles. The normalized spacial score (nSPS) is 10.8. The number of benzene rings is 1. The van der Waals surface area contributed by atoms with Crippen LogP contribution in [-0.2, 0) is 16.1 Å². The third-order valence-electron chi connectivity index (χ3n) is 3.68. The Kier molecular flexibility index (Phi) is 6.51. The summed E-state index contributed by atoms with van der Waals surface area (Å²) in [7, 11) is 1.33. The van der Waals surface area contributed by atoms with Gasteiger partial charge in [0, 0.05) is 23.9 Å². The van der Waals surface area contributed by atoms with Gasteiger partial charge in [0.2, 0.25) is 0 Å². The van der Waals surface area contributed by atoms with Crippen molar-refractivity contribution in [2.75, 3.05) is 13.7 Å². The van der Waals surface area contributed by atoms with E-state index in [2.05, 4.69) is 15.2 Å². The highest BCUT2D eigenvalue weighted by Crippen LogP contribution is 2.10. The van der Waals surface area contributed by atoms with Crippen LogP contribution in [-0.4, -0.2) is 35.3 Å². The molecule has 1 amide bonds. The molecular weight excluding hydrogens is 318 g/mol. The van der Waals surface area contributed by atoms with Gasteiger partial charge < -0.3 is 10.1 Å². The Morgan fingerprint density at radius 3 is 2.76 bits per heavy atom. The number of methoxy groups -OCH3 is 1. The molecule has 25 heavy (non-hydrogen) atoms. The molecule has 1 heterocycles. The molecule has 1 aromatic carbocycles. The maximum Gasteiger partial charge on any atom is 0.330 e. The van der Waals surface area contributed by atoms with Crippen LogP contribution in [0.25, 0.3) is 0 Å². The molecule has 0 unspecified atom stereocenters. The average molecular weight is 341 g/mol. The van der Waals surface area contributed by atoms with Gasteiger partial charge in [-0.1, -0.05) is 18.2 Å². The molecule has 0 bridgehead atoms. The van der Waals surface area contributed by atoms with Gasteiger partial charge in [-0.25, -0.2) is 4.79 Å². The Balaban J connectivity index is 1.91. The maximum absolute atomic E-state index is 12.2. The van der Waals surface area contributed by atoms with Gasteiger partial charge in [-0.15, -0.1) is 0 Å². The number of aryl methyl sites for hydroxylation is 2. The standard InChI is InChI=1S/C19H23N3O3/c1-14-11-15(2)22(21-14)13-16-7-6-8-17(12-16)19(24)20-10-5-4-9-18(23)25-3/h4,6-9,11-12H,5,10,13H2,1-3H3,(H,20,24)/b9-4+. The first-order chi connectivity index (χ1) is 12.0. The molecule has 0 aliphatic rings. The third-order valence-corrected chi connectivity index (χ3v) is 3.68. The molecule has 132 valence electrons. The smallest absolute Gasteiger partial charge is 0.330 e. The minimum absolute atomic E-state index is 0.137. The first kappa shape index (κ1) is 18.4. The van der Waals surface area contributed by atoms with E-state index in [1.807, 2.05) is 42.8 Å². The number of rotatable bonds is 7.